The number of ketones is 1. The van der Waals surface area contributed by atoms with Crippen LogP contribution in [0.2, 0.25) is 0 Å². The number of benzene rings is 4. The molecule has 21 nitrogen and oxygen atoms in total. The molecule has 0 radical (unpaired) electrons. The molecule has 1 amide bonds. The van der Waals surface area contributed by atoms with Gasteiger partial charge in [0.1, 0.15) is 22.4 Å². The van der Waals surface area contributed by atoms with Crippen LogP contribution >= 0.6 is 22.7 Å². The van der Waals surface area contributed by atoms with Crippen molar-refractivity contribution in [3.05, 3.63) is 113 Å². The van der Waals surface area contributed by atoms with E-state index in [2.05, 4.69) is 25.9 Å². The maximum atomic E-state index is 13.1. The molecule has 0 bridgehead atoms. The van der Waals surface area contributed by atoms with E-state index in [4.69, 9.17) is 48.7 Å². The van der Waals surface area contributed by atoms with E-state index in [0.717, 1.165) is 26.6 Å². The second kappa shape index (κ2) is 23.7. The molecule has 4 aromatic heterocycles. The summed E-state index contributed by atoms with van der Waals surface area (Å²) in [5, 5.41) is 18.7. The van der Waals surface area contributed by atoms with Gasteiger partial charge < -0.3 is 54.5 Å². The summed E-state index contributed by atoms with van der Waals surface area (Å²) in [6.45, 7) is 7.75. The normalized spacial score (nSPS) is 15.1. The van der Waals surface area contributed by atoms with E-state index in [1.54, 1.807) is 75.9 Å². The van der Waals surface area contributed by atoms with Gasteiger partial charge in [-0.25, -0.2) is 19.6 Å². The van der Waals surface area contributed by atoms with Crippen molar-refractivity contribution in [3.8, 4) is 23.0 Å². The number of carboxylic acids is 1. The molecule has 2 aliphatic heterocycles. The summed E-state index contributed by atoms with van der Waals surface area (Å²) in [5.41, 5.74) is 7.80. The number of aromatic carboxylic acids is 1. The number of hydrogen-bond acceptors (Lipinski definition) is 21. The molecule has 2 saturated heterocycles. The lowest BCUT2D eigenvalue weighted by atomic mass is 9.97. The minimum atomic E-state index is -0.984. The average molecular weight is 1100 g/mol. The molecule has 8 aromatic rings. The molecule has 23 heteroatoms. The van der Waals surface area contributed by atoms with Crippen molar-refractivity contribution in [2.75, 3.05) is 80.4 Å². The third-order valence-electron chi connectivity index (χ3n) is 12.8. The quantitative estimate of drug-likeness (QED) is 0.0619. The number of hydrogen-bond donors (Lipinski definition) is 4. The molecule has 2 unspecified atom stereocenters. The number of Topliss-reactive ketones (excluding diaryl/α,β-unsaturated/α-hetero) is 1. The third-order valence-corrected chi connectivity index (χ3v) is 14.2. The number of carbonyl (C=O) groups excluding carboxylic acids is 3. The zero-order valence-electron chi connectivity index (χ0n) is 43.9. The molecule has 4 N–H and O–H groups in total. The first-order valence-electron chi connectivity index (χ1n) is 24.8. The molecule has 0 spiro atoms. The minimum absolute atomic E-state index is 0.0972. The van der Waals surface area contributed by atoms with E-state index < -0.39 is 17.5 Å². The standard InChI is InChI=1S/C29H32N6O5S.C26H25N5O5S/c1-29(2,3)40-27(37)17-6-8-19(9-7-17)32-25(36)18-12-13-35(15-18)28-33-24(23-26(34-28)41-16-30-23)31-20-10-11-21(38-4)22(14-20)39-5;1-35-20-8-7-18(12-21(20)36-2)28-23-22-24(37-14-27-22)30-26(29-23)31-10-9-17(13-31)19(32)11-15-3-5-16(6-4-15)25(33)34/h6-11,14,16,18H,12-13,15H2,1-5H3,(H,32,36)(H,31,33,34);3-8,12,14,17H,9-11,13H2,1-2H3,(H,33,34)(H,28,29,30). The lowest BCUT2D eigenvalue weighted by molar-refractivity contribution is -0.121. The van der Waals surface area contributed by atoms with Gasteiger partial charge in [-0.3, -0.25) is 9.59 Å². The van der Waals surface area contributed by atoms with Crippen LogP contribution in [-0.2, 0) is 20.7 Å². The van der Waals surface area contributed by atoms with Crippen LogP contribution in [0.1, 0.15) is 59.9 Å². The first-order valence-corrected chi connectivity index (χ1v) is 26.5. The van der Waals surface area contributed by atoms with Gasteiger partial charge in [-0.1, -0.05) is 12.1 Å². The largest absolute Gasteiger partial charge is 0.493 e. The Bertz CT molecular complexity index is 3480. The van der Waals surface area contributed by atoms with E-state index in [0.29, 0.717) is 108 Å². The molecule has 2 fully saturated rings. The van der Waals surface area contributed by atoms with Crippen molar-refractivity contribution in [2.24, 2.45) is 11.8 Å². The van der Waals surface area contributed by atoms with Crippen molar-refractivity contribution in [2.45, 2.75) is 45.6 Å². The lowest BCUT2D eigenvalue weighted by Crippen LogP contribution is -2.28. The van der Waals surface area contributed by atoms with Crippen LogP contribution in [0.15, 0.2) is 96.0 Å². The summed E-state index contributed by atoms with van der Waals surface area (Å²) in [6.07, 6.45) is 1.62. The molecule has 0 aliphatic carbocycles. The van der Waals surface area contributed by atoms with Gasteiger partial charge in [-0.15, -0.1) is 22.7 Å². The van der Waals surface area contributed by atoms with Gasteiger partial charge in [0.2, 0.25) is 17.8 Å². The number of methoxy groups -OCH3 is 4. The molecule has 404 valence electrons. The Hall–Kier alpha value is -8.70. The lowest BCUT2D eigenvalue weighted by Gasteiger charge is -2.19. The molecule has 0 saturated carbocycles. The summed E-state index contributed by atoms with van der Waals surface area (Å²) < 4.78 is 26.9. The summed E-state index contributed by atoms with van der Waals surface area (Å²) in [4.78, 5) is 82.8. The fraction of sp³-hybridized carbons (Fsp3) is 0.309. The highest BCUT2D eigenvalue weighted by atomic mass is 32.1. The van der Waals surface area contributed by atoms with Crippen LogP contribution in [0.5, 0.6) is 23.0 Å². The Kier molecular flexibility index (Phi) is 16.4. The second-order valence-electron chi connectivity index (χ2n) is 19.2. The molecule has 4 aromatic carbocycles. The number of ether oxygens (including phenoxy) is 5. The summed E-state index contributed by atoms with van der Waals surface area (Å²) in [5.74, 6) is 2.88. The number of fused-ring (bicyclic) bond motifs is 2. The number of amides is 1. The Morgan fingerprint density at radius 3 is 1.58 bits per heavy atom. The number of carbonyl (C=O) groups is 4. The van der Waals surface area contributed by atoms with E-state index in [1.807, 2.05) is 67.0 Å². The number of anilines is 7. The summed E-state index contributed by atoms with van der Waals surface area (Å²) in [7, 11) is 6.34. The number of nitrogens with one attached hydrogen (secondary N) is 3. The van der Waals surface area contributed by atoms with Crippen molar-refractivity contribution >= 4 is 108 Å². The third kappa shape index (κ3) is 12.8. The van der Waals surface area contributed by atoms with Crippen molar-refractivity contribution < 1.29 is 48.0 Å². The van der Waals surface area contributed by atoms with E-state index in [-0.39, 0.29) is 35.5 Å². The smallest absolute Gasteiger partial charge is 0.338 e. The van der Waals surface area contributed by atoms with E-state index >= 15 is 0 Å². The van der Waals surface area contributed by atoms with Gasteiger partial charge >= 0.3 is 11.9 Å². The zero-order chi connectivity index (χ0) is 55.1. The monoisotopic (exact) mass is 1100 g/mol. The van der Waals surface area contributed by atoms with Gasteiger partial charge in [-0.2, -0.15) is 19.9 Å². The number of carboxylic acid groups (broad SMARTS) is 1. The number of thiazole rings is 2. The maximum absolute atomic E-state index is 13.1. The number of aromatic nitrogens is 6. The predicted molar refractivity (Wildman–Crippen MR) is 299 cm³/mol. The topological polar surface area (TPSA) is 255 Å². The van der Waals surface area contributed by atoms with Crippen LogP contribution < -0.4 is 44.7 Å². The van der Waals surface area contributed by atoms with Crippen molar-refractivity contribution in [3.63, 3.8) is 0 Å². The van der Waals surface area contributed by atoms with Crippen molar-refractivity contribution in [1.29, 1.82) is 0 Å². The Balaban J connectivity index is 0.000000191. The minimum Gasteiger partial charge on any atom is -0.493 e. The molecular formula is C55H57N11O10S2. The number of rotatable bonds is 17. The van der Waals surface area contributed by atoms with Crippen LogP contribution in [0.25, 0.3) is 20.7 Å². The Labute approximate surface area is 457 Å². The van der Waals surface area contributed by atoms with Gasteiger partial charge in [0.15, 0.2) is 44.3 Å². The first-order chi connectivity index (χ1) is 37.6. The van der Waals surface area contributed by atoms with E-state index in [1.165, 1.54) is 34.8 Å². The molecule has 2 atom stereocenters. The van der Waals surface area contributed by atoms with Crippen LogP contribution in [-0.4, -0.2) is 119 Å². The fourth-order valence-corrected chi connectivity index (χ4v) is 10.1. The number of esters is 1. The molecule has 2 aliphatic rings. The highest BCUT2D eigenvalue weighted by Crippen LogP contribution is 2.36. The zero-order valence-corrected chi connectivity index (χ0v) is 45.5. The molecule has 6 heterocycles. The van der Waals surface area contributed by atoms with E-state index in [9.17, 15) is 19.2 Å². The van der Waals surface area contributed by atoms with Gasteiger partial charge in [0.05, 0.1) is 56.5 Å². The predicted octanol–water partition coefficient (Wildman–Crippen LogP) is 9.45. The van der Waals surface area contributed by atoms with Gasteiger partial charge in [-0.05, 0) is 99.8 Å². The summed E-state index contributed by atoms with van der Waals surface area (Å²) in [6, 6.07) is 24.2. The van der Waals surface area contributed by atoms with Gasteiger partial charge in [0.25, 0.3) is 0 Å². The average Bonchev–Trinajstić information content (AvgIpc) is 4.33. The Morgan fingerprint density at radius 2 is 1.09 bits per heavy atom. The number of nitrogens with zero attached hydrogens (tertiary/aromatic N) is 8. The fourth-order valence-electron chi connectivity index (χ4n) is 8.80. The Morgan fingerprint density at radius 1 is 0.615 bits per heavy atom. The molecular weight excluding hydrogens is 1040 g/mol. The highest BCUT2D eigenvalue weighted by Gasteiger charge is 2.32. The van der Waals surface area contributed by atoms with Crippen molar-refractivity contribution in [1.82, 2.24) is 29.9 Å². The summed E-state index contributed by atoms with van der Waals surface area (Å²) >= 11 is 2.86. The van der Waals surface area contributed by atoms with Crippen LogP contribution in [0.4, 0.5) is 40.6 Å². The molecule has 10 rings (SSSR count). The van der Waals surface area contributed by atoms with Crippen LogP contribution in [0, 0.1) is 11.8 Å². The SMILES string of the molecule is COc1ccc(Nc2nc(N3CCC(C(=O)Cc4ccc(C(=O)O)cc4)C3)nc3scnc23)cc1OC.COc1ccc(Nc2nc(N3CCC(C(=O)Nc4ccc(C(=O)OC(C)(C)C)cc4)C3)nc3scnc23)cc1OC. The van der Waals surface area contributed by atoms with Gasteiger partial charge in [0, 0.05) is 67.7 Å². The van der Waals surface area contributed by atoms with Crippen LogP contribution in [0.3, 0.4) is 0 Å². The highest BCUT2D eigenvalue weighted by molar-refractivity contribution is 7.16. The molecule has 78 heavy (non-hydrogen) atoms. The maximum Gasteiger partial charge on any atom is 0.338 e. The second-order valence-corrected chi connectivity index (χ2v) is 20.9. The first kappa shape index (κ1) is 54.1.